The summed E-state index contributed by atoms with van der Waals surface area (Å²) in [4.78, 5) is 3.81. The van der Waals surface area contributed by atoms with Gasteiger partial charge in [-0.25, -0.2) is 0 Å². The molecule has 0 bridgehead atoms. The molecule has 0 aliphatic carbocycles. The van der Waals surface area contributed by atoms with Crippen molar-refractivity contribution in [2.24, 2.45) is 0 Å². The average Bonchev–Trinajstić information content (AvgIpc) is 2.77. The highest BCUT2D eigenvalue weighted by atomic mass is 19.3. The SMILES string of the molecule is OCc1noc(-c2ccccc2OC(F)F)n1. The lowest BCUT2D eigenvalue weighted by Crippen LogP contribution is -2.03. The summed E-state index contributed by atoms with van der Waals surface area (Å²) in [5.74, 6) is 0.0350. The Hall–Kier alpha value is -2.02. The monoisotopic (exact) mass is 242 g/mol. The normalized spacial score (nSPS) is 10.8. The van der Waals surface area contributed by atoms with Gasteiger partial charge in [-0.05, 0) is 12.1 Å². The van der Waals surface area contributed by atoms with E-state index in [4.69, 9.17) is 9.63 Å². The van der Waals surface area contributed by atoms with E-state index in [1.54, 1.807) is 12.1 Å². The van der Waals surface area contributed by atoms with Gasteiger partial charge in [0.15, 0.2) is 5.82 Å². The highest BCUT2D eigenvalue weighted by Gasteiger charge is 2.15. The van der Waals surface area contributed by atoms with E-state index in [0.29, 0.717) is 0 Å². The minimum Gasteiger partial charge on any atom is -0.434 e. The van der Waals surface area contributed by atoms with E-state index in [9.17, 15) is 8.78 Å². The number of para-hydroxylation sites is 1. The van der Waals surface area contributed by atoms with Crippen molar-refractivity contribution in [1.82, 2.24) is 10.1 Å². The van der Waals surface area contributed by atoms with Gasteiger partial charge in [-0.3, -0.25) is 0 Å². The zero-order valence-corrected chi connectivity index (χ0v) is 8.51. The van der Waals surface area contributed by atoms with Crippen LogP contribution < -0.4 is 4.74 Å². The van der Waals surface area contributed by atoms with Crippen LogP contribution in [0, 0.1) is 0 Å². The predicted molar refractivity (Wildman–Crippen MR) is 52.3 cm³/mol. The summed E-state index contributed by atoms with van der Waals surface area (Å²) < 4.78 is 33.5. The van der Waals surface area contributed by atoms with Crippen LogP contribution in [0.1, 0.15) is 5.82 Å². The number of aliphatic hydroxyl groups is 1. The van der Waals surface area contributed by atoms with Crippen LogP contribution in [0.4, 0.5) is 8.78 Å². The lowest BCUT2D eigenvalue weighted by molar-refractivity contribution is -0.0495. The second kappa shape index (κ2) is 4.88. The smallest absolute Gasteiger partial charge is 0.387 e. The van der Waals surface area contributed by atoms with Crippen molar-refractivity contribution in [3.63, 3.8) is 0 Å². The van der Waals surface area contributed by atoms with Crippen LogP contribution in [-0.4, -0.2) is 21.9 Å². The molecular weight excluding hydrogens is 234 g/mol. The number of halogens is 2. The average molecular weight is 242 g/mol. The number of rotatable bonds is 4. The quantitative estimate of drug-likeness (QED) is 0.885. The van der Waals surface area contributed by atoms with Crippen LogP contribution >= 0.6 is 0 Å². The molecule has 0 aliphatic heterocycles. The summed E-state index contributed by atoms with van der Waals surface area (Å²) in [5, 5.41) is 12.2. The highest BCUT2D eigenvalue weighted by Crippen LogP contribution is 2.29. The molecule has 0 unspecified atom stereocenters. The minimum atomic E-state index is -2.93. The molecule has 5 nitrogen and oxygen atoms in total. The van der Waals surface area contributed by atoms with E-state index in [2.05, 4.69) is 14.9 Å². The van der Waals surface area contributed by atoms with Gasteiger partial charge < -0.3 is 14.4 Å². The minimum absolute atomic E-state index is 0.0188. The lowest BCUT2D eigenvalue weighted by Gasteiger charge is -2.06. The summed E-state index contributed by atoms with van der Waals surface area (Å²) in [7, 11) is 0. The standard InChI is InChI=1S/C10H8F2N2O3/c11-10(12)16-7-4-2-1-3-6(7)9-13-8(5-15)14-17-9/h1-4,10,15H,5H2. The third-order valence-corrected chi connectivity index (χ3v) is 1.94. The molecule has 1 aromatic carbocycles. The Balaban J connectivity index is 2.36. The Morgan fingerprint density at radius 1 is 1.35 bits per heavy atom. The van der Waals surface area contributed by atoms with Crippen LogP contribution in [-0.2, 0) is 6.61 Å². The van der Waals surface area contributed by atoms with Gasteiger partial charge in [-0.1, -0.05) is 17.3 Å². The Morgan fingerprint density at radius 2 is 2.12 bits per heavy atom. The molecule has 0 atom stereocenters. The summed E-state index contributed by atoms with van der Waals surface area (Å²) in [5.41, 5.74) is 0.250. The number of hydrogen-bond acceptors (Lipinski definition) is 5. The number of benzene rings is 1. The van der Waals surface area contributed by atoms with Gasteiger partial charge in [0.25, 0.3) is 5.89 Å². The lowest BCUT2D eigenvalue weighted by atomic mass is 10.2. The van der Waals surface area contributed by atoms with Crippen molar-refractivity contribution in [3.05, 3.63) is 30.1 Å². The molecule has 1 N–H and O–H groups in total. The number of hydrogen-bond donors (Lipinski definition) is 1. The maximum absolute atomic E-state index is 12.2. The van der Waals surface area contributed by atoms with Gasteiger partial charge in [-0.2, -0.15) is 13.8 Å². The zero-order valence-electron chi connectivity index (χ0n) is 8.51. The van der Waals surface area contributed by atoms with E-state index in [-0.39, 0.29) is 29.6 Å². The maximum atomic E-state index is 12.2. The number of aliphatic hydroxyl groups excluding tert-OH is 1. The van der Waals surface area contributed by atoms with Gasteiger partial charge >= 0.3 is 6.61 Å². The highest BCUT2D eigenvalue weighted by molar-refractivity contribution is 5.62. The molecule has 17 heavy (non-hydrogen) atoms. The van der Waals surface area contributed by atoms with Crippen LogP contribution in [0.3, 0.4) is 0 Å². The number of ether oxygens (including phenoxy) is 1. The van der Waals surface area contributed by atoms with Crippen LogP contribution in [0.5, 0.6) is 5.75 Å². The van der Waals surface area contributed by atoms with E-state index in [0.717, 1.165) is 0 Å². The second-order valence-corrected chi connectivity index (χ2v) is 3.05. The second-order valence-electron chi connectivity index (χ2n) is 3.05. The Morgan fingerprint density at radius 3 is 2.76 bits per heavy atom. The Labute approximate surface area is 94.6 Å². The van der Waals surface area contributed by atoms with Crippen molar-refractivity contribution in [3.8, 4) is 17.2 Å². The molecule has 2 rings (SSSR count). The summed E-state index contributed by atoms with van der Waals surface area (Å²) in [6.07, 6.45) is 0. The third-order valence-electron chi connectivity index (χ3n) is 1.94. The first-order chi connectivity index (χ1) is 8.20. The molecule has 0 fully saturated rings. The van der Waals surface area contributed by atoms with Crippen LogP contribution in [0.15, 0.2) is 28.8 Å². The summed E-state index contributed by atoms with van der Waals surface area (Å²) in [6, 6.07) is 6.04. The summed E-state index contributed by atoms with van der Waals surface area (Å²) >= 11 is 0. The largest absolute Gasteiger partial charge is 0.434 e. The third kappa shape index (κ3) is 2.56. The van der Waals surface area contributed by atoms with Gasteiger partial charge in [0.05, 0.1) is 5.56 Å². The van der Waals surface area contributed by atoms with Crippen molar-refractivity contribution in [2.45, 2.75) is 13.2 Å². The molecule has 1 aromatic heterocycles. The first-order valence-corrected chi connectivity index (χ1v) is 4.68. The number of nitrogens with zero attached hydrogens (tertiary/aromatic N) is 2. The predicted octanol–water partition coefficient (Wildman–Crippen LogP) is 1.83. The fourth-order valence-electron chi connectivity index (χ4n) is 1.27. The fourth-order valence-corrected chi connectivity index (χ4v) is 1.27. The molecule has 0 spiro atoms. The molecule has 7 heteroatoms. The number of aromatic nitrogens is 2. The van der Waals surface area contributed by atoms with Gasteiger partial charge in [0.2, 0.25) is 0 Å². The van der Waals surface area contributed by atoms with Crippen LogP contribution in [0.25, 0.3) is 11.5 Å². The number of alkyl halides is 2. The van der Waals surface area contributed by atoms with Crippen molar-refractivity contribution in [2.75, 3.05) is 0 Å². The van der Waals surface area contributed by atoms with E-state index in [1.165, 1.54) is 12.1 Å². The zero-order chi connectivity index (χ0) is 12.3. The van der Waals surface area contributed by atoms with E-state index < -0.39 is 6.61 Å². The Bertz CT molecular complexity index is 502. The molecule has 0 saturated heterocycles. The first kappa shape index (κ1) is 11.5. The molecule has 0 amide bonds. The van der Waals surface area contributed by atoms with Crippen molar-refractivity contribution < 1.29 is 23.1 Å². The molecule has 0 aliphatic rings. The van der Waals surface area contributed by atoms with E-state index >= 15 is 0 Å². The Kier molecular flexibility index (Phi) is 3.29. The molecule has 2 aromatic rings. The molecule has 90 valence electrons. The van der Waals surface area contributed by atoms with E-state index in [1.807, 2.05) is 0 Å². The fraction of sp³-hybridized carbons (Fsp3) is 0.200. The van der Waals surface area contributed by atoms with Gasteiger partial charge in [-0.15, -0.1) is 0 Å². The topological polar surface area (TPSA) is 68.4 Å². The first-order valence-electron chi connectivity index (χ1n) is 4.68. The maximum Gasteiger partial charge on any atom is 0.387 e. The molecular formula is C10H8F2N2O3. The van der Waals surface area contributed by atoms with Crippen molar-refractivity contribution in [1.29, 1.82) is 0 Å². The molecule has 0 radical (unpaired) electrons. The van der Waals surface area contributed by atoms with Crippen LogP contribution in [0.2, 0.25) is 0 Å². The molecule has 1 heterocycles. The molecule has 0 saturated carbocycles. The summed E-state index contributed by atoms with van der Waals surface area (Å²) in [6.45, 7) is -3.32. The van der Waals surface area contributed by atoms with Gasteiger partial charge in [0.1, 0.15) is 12.4 Å². The van der Waals surface area contributed by atoms with Crippen molar-refractivity contribution >= 4 is 0 Å². The van der Waals surface area contributed by atoms with Gasteiger partial charge in [0, 0.05) is 0 Å².